The van der Waals surface area contributed by atoms with Crippen LogP contribution in [0.3, 0.4) is 0 Å². The van der Waals surface area contributed by atoms with Crippen LogP contribution in [0.25, 0.3) is 27.7 Å². The predicted molar refractivity (Wildman–Crippen MR) is 93.3 cm³/mol. The second-order valence-corrected chi connectivity index (χ2v) is 6.04. The summed E-state index contributed by atoms with van der Waals surface area (Å²) in [4.78, 5) is 28.2. The van der Waals surface area contributed by atoms with Crippen LogP contribution in [-0.4, -0.2) is 19.9 Å². The number of rotatable bonds is 5. The van der Waals surface area contributed by atoms with Gasteiger partial charge in [-0.15, -0.1) is 0 Å². The molecule has 26 heavy (non-hydrogen) atoms. The van der Waals surface area contributed by atoms with Gasteiger partial charge in [-0.05, 0) is 43.5 Å². The minimum atomic E-state index is -1.04. The molecule has 0 atom stereocenters. The van der Waals surface area contributed by atoms with Gasteiger partial charge >= 0.3 is 51.4 Å². The Balaban J connectivity index is 0.00000196. The van der Waals surface area contributed by atoms with Crippen molar-refractivity contribution in [1.82, 2.24) is 14.0 Å². The molecule has 0 bridgehead atoms. The van der Waals surface area contributed by atoms with Crippen LogP contribution < -0.4 is 62.1 Å². The zero-order valence-electron chi connectivity index (χ0n) is 14.5. The van der Waals surface area contributed by atoms with Crippen molar-refractivity contribution in [1.29, 1.82) is 0 Å². The summed E-state index contributed by atoms with van der Waals surface area (Å²) < 4.78 is 3.62. The summed E-state index contributed by atoms with van der Waals surface area (Å²) >= 11 is 0. The number of carbonyl (C=O) groups excluding carboxylic acids is 1. The molecule has 0 radical (unpaired) electrons. The Hall–Kier alpha value is -1.51. The number of aryl methyl sites for hydroxylation is 1. The van der Waals surface area contributed by atoms with E-state index >= 15 is 0 Å². The number of aliphatic carboxylic acids is 1. The number of nitrogens with zero attached hydrogens (tertiary/aromatic N) is 3. The molecule has 2 aromatic heterocycles. The molecule has 126 valence electrons. The minimum Gasteiger partial charge on any atom is -0.550 e. The molecule has 0 N–H and O–H groups in total. The first-order chi connectivity index (χ1) is 12.2. The number of aromatic nitrogens is 3. The van der Waals surface area contributed by atoms with E-state index in [2.05, 4.69) is 4.98 Å². The molecule has 0 fully saturated rings. The smallest absolute Gasteiger partial charge is 0.550 e. The van der Waals surface area contributed by atoms with Crippen LogP contribution >= 0.6 is 0 Å². The van der Waals surface area contributed by atoms with Crippen molar-refractivity contribution in [2.45, 2.75) is 25.8 Å². The average molecular weight is 373 g/mol. The third kappa shape index (κ3) is 3.37. The predicted octanol–water partition coefficient (Wildman–Crippen LogP) is -1.27. The maximum atomic E-state index is 13.0. The summed E-state index contributed by atoms with van der Waals surface area (Å²) in [6.45, 7) is 0.592. The van der Waals surface area contributed by atoms with Gasteiger partial charge in [-0.1, -0.05) is 24.3 Å². The monoisotopic (exact) mass is 373 g/mol. The van der Waals surface area contributed by atoms with Gasteiger partial charge in [0, 0.05) is 12.5 Å². The Labute approximate surface area is 191 Å². The quantitative estimate of drug-likeness (QED) is 0.323. The van der Waals surface area contributed by atoms with Crippen molar-refractivity contribution in [3.05, 3.63) is 58.9 Å². The van der Waals surface area contributed by atoms with Crippen molar-refractivity contribution in [3.8, 4) is 0 Å². The molecule has 7 heteroatoms. The zero-order chi connectivity index (χ0) is 17.4. The molecular weight excluding hydrogens is 357 g/mol. The first kappa shape index (κ1) is 19.3. The van der Waals surface area contributed by atoms with Crippen molar-refractivity contribution in [2.75, 3.05) is 0 Å². The topological polar surface area (TPSA) is 79.4 Å². The maximum Gasteiger partial charge on any atom is 1.00 e. The summed E-state index contributed by atoms with van der Waals surface area (Å²) in [5.41, 5.74) is 2.29. The molecule has 0 saturated carbocycles. The van der Waals surface area contributed by atoms with Crippen molar-refractivity contribution in [3.63, 3.8) is 0 Å². The Bertz CT molecular complexity index is 1160. The number of carboxylic acids is 1. The fourth-order valence-corrected chi connectivity index (χ4v) is 3.27. The van der Waals surface area contributed by atoms with Crippen molar-refractivity contribution in [2.24, 2.45) is 0 Å². The molecule has 0 spiro atoms. The van der Waals surface area contributed by atoms with Gasteiger partial charge in [-0.25, -0.2) is 9.38 Å². The summed E-state index contributed by atoms with van der Waals surface area (Å²) in [6, 6.07) is 15.0. The largest absolute Gasteiger partial charge is 1.00 e. The summed E-state index contributed by atoms with van der Waals surface area (Å²) in [6.07, 6.45) is 1.23. The number of hydrogen-bond donors (Lipinski definition) is 0. The van der Waals surface area contributed by atoms with Gasteiger partial charge < -0.3 is 14.5 Å². The zero-order valence-corrected chi connectivity index (χ0v) is 17.6. The van der Waals surface area contributed by atoms with Gasteiger partial charge in [0.25, 0.3) is 5.56 Å². The van der Waals surface area contributed by atoms with Crippen molar-refractivity contribution < 1.29 is 61.3 Å². The fraction of sp³-hybridized carbons (Fsp3) is 0.211. The second-order valence-electron chi connectivity index (χ2n) is 6.04. The van der Waals surface area contributed by atoms with E-state index in [0.717, 1.165) is 11.0 Å². The Kier molecular flexibility index (Phi) is 5.94. The van der Waals surface area contributed by atoms with Crippen LogP contribution in [0.4, 0.5) is 0 Å². The fourth-order valence-electron chi connectivity index (χ4n) is 3.27. The molecule has 2 aromatic carbocycles. The first-order valence-corrected chi connectivity index (χ1v) is 8.25. The third-order valence-corrected chi connectivity index (χ3v) is 4.43. The molecule has 0 aliphatic carbocycles. The van der Waals surface area contributed by atoms with E-state index in [1.54, 1.807) is 10.5 Å². The molecule has 0 amide bonds. The van der Waals surface area contributed by atoms with E-state index in [1.165, 1.54) is 0 Å². The van der Waals surface area contributed by atoms with Crippen LogP contribution in [0.1, 0.15) is 19.3 Å². The van der Waals surface area contributed by atoms with E-state index in [9.17, 15) is 14.7 Å². The van der Waals surface area contributed by atoms with Gasteiger partial charge in [-0.3, -0.25) is 4.79 Å². The van der Waals surface area contributed by atoms with E-state index in [0.29, 0.717) is 36.1 Å². The number of unbranched alkanes of at least 4 members (excludes halogenated alkanes) is 1. The third-order valence-electron chi connectivity index (χ3n) is 4.43. The number of benzene rings is 2. The van der Waals surface area contributed by atoms with E-state index in [-0.39, 0.29) is 63.4 Å². The maximum absolute atomic E-state index is 13.0. The second kappa shape index (κ2) is 8.02. The molecule has 2 heterocycles. The van der Waals surface area contributed by atoms with Gasteiger partial charge in [0.2, 0.25) is 5.78 Å². The van der Waals surface area contributed by atoms with Gasteiger partial charge in [0.05, 0.1) is 21.9 Å². The summed E-state index contributed by atoms with van der Waals surface area (Å²) in [5.74, 6) is -0.457. The molecule has 6 nitrogen and oxygen atoms in total. The molecule has 0 unspecified atom stereocenters. The molecule has 0 aliphatic heterocycles. The van der Waals surface area contributed by atoms with Crippen LogP contribution in [-0.2, 0) is 11.3 Å². The number of para-hydroxylation sites is 3. The van der Waals surface area contributed by atoms with E-state index < -0.39 is 5.97 Å². The van der Waals surface area contributed by atoms with Crippen molar-refractivity contribution >= 4 is 33.7 Å². The summed E-state index contributed by atoms with van der Waals surface area (Å²) in [7, 11) is 0. The summed E-state index contributed by atoms with van der Waals surface area (Å²) in [5, 5.41) is 11.2. The minimum absolute atomic E-state index is 0. The molecule has 4 rings (SSSR count). The standard InChI is InChI=1S/C19H17N3O3.K/c23-17(24)11-5-6-12-21-15-9-3-4-10-16(15)22-18(25)13-7-1-2-8-14(13)20-19(21)22;/h1-4,7-10H,5-6,11-12H2,(H,23,24);/q;+1/p-1. The first-order valence-electron chi connectivity index (χ1n) is 8.25. The number of hydrogen-bond acceptors (Lipinski definition) is 4. The van der Waals surface area contributed by atoms with Gasteiger partial charge in [0.1, 0.15) is 0 Å². The normalized spacial score (nSPS) is 11.1. The van der Waals surface area contributed by atoms with Crippen LogP contribution in [0, 0.1) is 0 Å². The molecule has 0 aliphatic rings. The van der Waals surface area contributed by atoms with Gasteiger partial charge in [-0.2, -0.15) is 0 Å². The van der Waals surface area contributed by atoms with Crippen LogP contribution in [0.15, 0.2) is 53.3 Å². The van der Waals surface area contributed by atoms with E-state index in [1.807, 2.05) is 47.0 Å². The molecular formula is C19H16KN3O3. The Morgan fingerprint density at radius 3 is 2.46 bits per heavy atom. The number of fused-ring (bicyclic) bond motifs is 4. The number of carbonyl (C=O) groups is 1. The van der Waals surface area contributed by atoms with Crippen LogP contribution in [0.5, 0.6) is 0 Å². The number of carboxylic acid groups (broad SMARTS) is 1. The molecule has 4 aromatic rings. The van der Waals surface area contributed by atoms with Gasteiger partial charge in [0.15, 0.2) is 0 Å². The Morgan fingerprint density at radius 2 is 1.69 bits per heavy atom. The Morgan fingerprint density at radius 1 is 1.00 bits per heavy atom. The van der Waals surface area contributed by atoms with Crippen LogP contribution in [0.2, 0.25) is 0 Å². The van der Waals surface area contributed by atoms with E-state index in [4.69, 9.17) is 0 Å². The number of imidazole rings is 1. The average Bonchev–Trinajstić information content (AvgIpc) is 2.93. The SMILES string of the molecule is O=C([O-])CCCCn1c2ccccc2n2c(=O)c3ccccc3nc12.[K+]. The molecule has 0 saturated heterocycles.